The topological polar surface area (TPSA) is 9.23 Å². The van der Waals surface area contributed by atoms with E-state index in [0.29, 0.717) is 0 Å². The molecule has 0 amide bonds. The van der Waals surface area contributed by atoms with E-state index < -0.39 is 0 Å². The Kier molecular flexibility index (Phi) is 8.93. The van der Waals surface area contributed by atoms with Crippen LogP contribution in [0.2, 0.25) is 0 Å². The van der Waals surface area contributed by atoms with E-state index in [1.54, 1.807) is 0 Å². The fourth-order valence-corrected chi connectivity index (χ4v) is 4.37. The molecule has 1 nitrogen and oxygen atoms in total. The Bertz CT molecular complexity index is 543. The molecule has 1 unspecified atom stereocenters. The van der Waals surface area contributed by atoms with Crippen molar-refractivity contribution in [1.82, 2.24) is 0 Å². The Labute approximate surface area is 161 Å². The fraction of sp³-hybridized carbons (Fsp3) is 0.412. The van der Waals surface area contributed by atoms with E-state index in [4.69, 9.17) is 4.43 Å². The molecule has 0 N–H and O–H groups in total. The van der Waals surface area contributed by atoms with Gasteiger partial charge in [-0.3, -0.25) is 0 Å². The second-order valence-corrected chi connectivity index (χ2v) is 7.57. The van der Waals surface area contributed by atoms with Crippen LogP contribution in [0.25, 0.3) is 0 Å². The van der Waals surface area contributed by atoms with E-state index in [0.717, 1.165) is 23.3 Å². The first-order valence-corrected chi connectivity index (χ1v) is 8.71. The minimum Gasteiger partial charge on any atom is -1.00 e. The minimum absolute atomic E-state index is 0. The van der Waals surface area contributed by atoms with Crippen molar-refractivity contribution in [3.05, 3.63) is 57.5 Å². The van der Waals surface area contributed by atoms with Crippen LogP contribution in [-0.4, -0.2) is 16.1 Å². The van der Waals surface area contributed by atoms with E-state index in [-0.39, 0.29) is 35.8 Å². The van der Waals surface area contributed by atoms with Crippen LogP contribution in [0, 0.1) is 5.41 Å². The molecular weight excluding hydrogens is 367 g/mol. The van der Waals surface area contributed by atoms with Gasteiger partial charge in [-0.25, -0.2) is 0 Å². The van der Waals surface area contributed by atoms with Crippen molar-refractivity contribution in [2.24, 2.45) is 5.41 Å². The van der Waals surface area contributed by atoms with Crippen molar-refractivity contribution in [2.75, 3.05) is 0 Å². The maximum Gasteiger partial charge on any atom is -1.00 e. The fourth-order valence-electron chi connectivity index (χ4n) is 2.91. The van der Waals surface area contributed by atoms with Crippen LogP contribution in [0.3, 0.4) is 0 Å². The average molecular weight is 390 g/mol. The largest absolute Gasteiger partial charge is 1.00 e. The first-order chi connectivity index (χ1) is 9.40. The minimum atomic E-state index is -0.161. The van der Waals surface area contributed by atoms with Crippen molar-refractivity contribution in [2.45, 2.75) is 39.2 Å². The number of allylic oxidation sites excluding steroid dienone is 3. The third kappa shape index (κ3) is 4.37. The number of halogens is 2. The van der Waals surface area contributed by atoms with E-state index in [2.05, 4.69) is 83.7 Å². The summed E-state index contributed by atoms with van der Waals surface area (Å²) in [5, 5.41) is 0. The van der Waals surface area contributed by atoms with E-state index >= 15 is 0 Å². The van der Waals surface area contributed by atoms with Gasteiger partial charge in [-0.2, -0.15) is 0 Å². The molecule has 0 aliphatic heterocycles. The summed E-state index contributed by atoms with van der Waals surface area (Å²) in [4.78, 5) is 0. The van der Waals surface area contributed by atoms with Crippen LogP contribution < -0.4 is 24.8 Å². The zero-order valence-electron chi connectivity index (χ0n) is 13.6. The average Bonchev–Trinajstić information content (AvgIpc) is 2.86. The van der Waals surface area contributed by atoms with Gasteiger partial charge in [0.15, 0.2) is 0 Å². The van der Waals surface area contributed by atoms with Gasteiger partial charge in [0, 0.05) is 0 Å². The van der Waals surface area contributed by atoms with E-state index in [9.17, 15) is 0 Å². The molecule has 1 aromatic carbocycles. The first kappa shape index (κ1) is 22.2. The summed E-state index contributed by atoms with van der Waals surface area (Å²) in [5.74, 6) is 0. The number of rotatable bonds is 5. The Hall–Kier alpha value is 0.171. The van der Waals surface area contributed by atoms with Gasteiger partial charge in [0.2, 0.25) is 0 Å². The van der Waals surface area contributed by atoms with Crippen LogP contribution in [0.15, 0.2) is 51.9 Å². The molecule has 0 heterocycles. The molecule has 0 spiro atoms. The Morgan fingerprint density at radius 2 is 1.73 bits per heavy atom. The second kappa shape index (κ2) is 8.87. The summed E-state index contributed by atoms with van der Waals surface area (Å²) in [6.45, 7) is 6.91. The summed E-state index contributed by atoms with van der Waals surface area (Å²) in [6.07, 6.45) is 6.60. The van der Waals surface area contributed by atoms with Crippen molar-refractivity contribution in [1.29, 1.82) is 0 Å². The molecule has 0 aromatic heterocycles. The molecule has 0 saturated carbocycles. The maximum absolute atomic E-state index is 6.14. The predicted molar refractivity (Wildman–Crippen MR) is 84.1 cm³/mol. The molecule has 22 heavy (non-hydrogen) atoms. The zero-order valence-corrected chi connectivity index (χ0v) is 18.7. The van der Waals surface area contributed by atoms with Crippen LogP contribution in [0.1, 0.15) is 32.8 Å². The predicted octanol–water partition coefficient (Wildman–Crippen LogP) is -2.92. The summed E-state index contributed by atoms with van der Waals surface area (Å²) < 4.78 is 7.62. The molecule has 1 aromatic rings. The molecule has 0 saturated heterocycles. The maximum atomic E-state index is 6.14. The van der Waals surface area contributed by atoms with Crippen LogP contribution in [0.5, 0.6) is 0 Å². The van der Waals surface area contributed by atoms with Gasteiger partial charge in [0.25, 0.3) is 0 Å². The van der Waals surface area contributed by atoms with E-state index in [1.807, 2.05) is 0 Å². The van der Waals surface area contributed by atoms with Crippen LogP contribution in [-0.2, 0) is 31.3 Å². The first-order valence-electron chi connectivity index (χ1n) is 7.11. The Morgan fingerprint density at radius 3 is 2.18 bits per heavy atom. The zero-order chi connectivity index (χ0) is 14.8. The van der Waals surface area contributed by atoms with Gasteiger partial charge < -0.3 is 24.8 Å². The van der Waals surface area contributed by atoms with Crippen LogP contribution >= 0.6 is 0 Å². The van der Waals surface area contributed by atoms with E-state index in [1.165, 1.54) is 15.0 Å². The summed E-state index contributed by atoms with van der Waals surface area (Å²) in [5.41, 5.74) is 2.65. The molecule has 0 radical (unpaired) electrons. The molecule has 1 atom stereocenters. The van der Waals surface area contributed by atoms with Gasteiger partial charge in [-0.1, -0.05) is 0 Å². The number of hydrogen-bond acceptors (Lipinski definition) is 1. The standard InChI is InChI=1S/C17H23OSi.2ClH.Ti/c1-16(2,15-11-7-8-12-15)17(3,18-19)13-14-9-5-4-6-10-14;;;/h4-7,9-11H,8,13H2,1-3,19H3;2*1H;/q;;;+2/p-2. The van der Waals surface area contributed by atoms with Crippen molar-refractivity contribution < 1.29 is 49.7 Å². The Morgan fingerprint density at radius 1 is 1.14 bits per heavy atom. The van der Waals surface area contributed by atoms with Crippen molar-refractivity contribution >= 4 is 10.5 Å². The summed E-state index contributed by atoms with van der Waals surface area (Å²) in [6, 6.07) is 10.7. The van der Waals surface area contributed by atoms with Gasteiger partial charge in [-0.15, -0.1) is 0 Å². The molecule has 1 aliphatic rings. The molecule has 119 valence electrons. The molecule has 0 bridgehead atoms. The van der Waals surface area contributed by atoms with Gasteiger partial charge in [0.1, 0.15) is 0 Å². The molecule has 1 aliphatic carbocycles. The molecular formula is C17H23Cl2OSiTi. The third-order valence-electron chi connectivity index (χ3n) is 4.76. The Balaban J connectivity index is 0.00000220. The number of hydrogen-bond donors (Lipinski definition) is 0. The van der Waals surface area contributed by atoms with Crippen LogP contribution in [0.4, 0.5) is 0 Å². The molecule has 5 heteroatoms. The normalized spacial score (nSPS) is 17.0. The number of benzene rings is 1. The van der Waals surface area contributed by atoms with Gasteiger partial charge >= 0.3 is 137 Å². The smallest absolute Gasteiger partial charge is 1.00 e. The monoisotopic (exact) mass is 389 g/mol. The third-order valence-corrected chi connectivity index (χ3v) is 6.40. The molecule has 0 fully saturated rings. The van der Waals surface area contributed by atoms with Crippen molar-refractivity contribution in [3.63, 3.8) is 0 Å². The van der Waals surface area contributed by atoms with Crippen molar-refractivity contribution in [3.8, 4) is 0 Å². The van der Waals surface area contributed by atoms with Gasteiger partial charge in [0.05, 0.1) is 0 Å². The quantitative estimate of drug-likeness (QED) is 0.490. The summed E-state index contributed by atoms with van der Waals surface area (Å²) >= 11 is 2.24. The van der Waals surface area contributed by atoms with Gasteiger partial charge in [-0.05, 0) is 0 Å². The molecule has 2 rings (SSSR count). The SMILES string of the molecule is CC(Cc1ccccc1)(O[SiH3])C(C)(C)C1=[C]([Ti+2])CC=C1.[Cl-].[Cl-]. The summed E-state index contributed by atoms with van der Waals surface area (Å²) in [7, 11) is 0.756. The second-order valence-electron chi connectivity index (χ2n) is 6.22.